The van der Waals surface area contributed by atoms with Gasteiger partial charge >= 0.3 is 0 Å². The number of amides is 1. The molecule has 0 radical (unpaired) electrons. The van der Waals surface area contributed by atoms with Gasteiger partial charge in [0.25, 0.3) is 0 Å². The summed E-state index contributed by atoms with van der Waals surface area (Å²) in [5.74, 6) is 1.50. The van der Waals surface area contributed by atoms with Gasteiger partial charge < -0.3 is 14.9 Å². The molecule has 148 valence electrons. The highest BCUT2D eigenvalue weighted by Gasteiger charge is 2.43. The lowest BCUT2D eigenvalue weighted by molar-refractivity contribution is -0.133. The number of rotatable bonds is 4. The molecule has 1 aliphatic heterocycles. The van der Waals surface area contributed by atoms with Crippen molar-refractivity contribution in [1.29, 1.82) is 0 Å². The molecule has 27 heavy (non-hydrogen) atoms. The molecule has 3 fully saturated rings. The molecule has 5 heteroatoms. The molecule has 2 aliphatic carbocycles. The fourth-order valence-electron chi connectivity index (χ4n) is 5.36. The van der Waals surface area contributed by atoms with Crippen molar-refractivity contribution in [2.45, 2.75) is 44.8 Å². The lowest BCUT2D eigenvalue weighted by Crippen LogP contribution is -2.50. The molecular weight excluding hydrogens is 338 g/mol. The Hall–Kier alpha value is -1.59. The Balaban J connectivity index is 1.25. The van der Waals surface area contributed by atoms with Gasteiger partial charge in [0, 0.05) is 45.0 Å². The summed E-state index contributed by atoms with van der Waals surface area (Å²) in [6.45, 7) is 6.50. The van der Waals surface area contributed by atoms with Crippen LogP contribution in [-0.2, 0) is 4.79 Å². The number of aryl methyl sites for hydroxylation is 1. The lowest BCUT2D eigenvalue weighted by Gasteiger charge is -2.37. The molecule has 4 atom stereocenters. The summed E-state index contributed by atoms with van der Waals surface area (Å²) in [6, 6.07) is 9.03. The van der Waals surface area contributed by atoms with Crippen molar-refractivity contribution in [3.63, 3.8) is 0 Å². The van der Waals surface area contributed by atoms with E-state index < -0.39 is 0 Å². The lowest BCUT2D eigenvalue weighted by atomic mass is 10.0. The Morgan fingerprint density at radius 1 is 1.11 bits per heavy atom. The highest BCUT2D eigenvalue weighted by molar-refractivity contribution is 5.78. The molecule has 4 rings (SSSR count). The number of aliphatic hydroxyl groups excluding tert-OH is 1. The van der Waals surface area contributed by atoms with E-state index in [-0.39, 0.29) is 12.0 Å². The van der Waals surface area contributed by atoms with Gasteiger partial charge in [0.05, 0.1) is 12.6 Å². The molecule has 2 saturated carbocycles. The van der Waals surface area contributed by atoms with Crippen molar-refractivity contribution >= 4 is 11.6 Å². The number of aliphatic hydroxyl groups is 1. The quantitative estimate of drug-likeness (QED) is 0.881. The van der Waals surface area contributed by atoms with Crippen LogP contribution in [0.4, 0.5) is 5.69 Å². The van der Waals surface area contributed by atoms with Crippen LogP contribution in [-0.4, -0.2) is 72.7 Å². The standard InChI is InChI=1S/C22H33N3O2/c1-16-4-3-5-19(10-16)25-8-6-24(7-9-25)15-22(27)23(2)20-11-17-13-21(26)14-18(17)12-20/h3-5,10,17-18,20-21,26H,6-9,11-15H2,1-2H3/t17-,18+,20?,21?. The van der Waals surface area contributed by atoms with E-state index in [1.807, 2.05) is 11.9 Å². The molecule has 1 heterocycles. The van der Waals surface area contributed by atoms with Gasteiger partial charge in [-0.05, 0) is 62.1 Å². The Morgan fingerprint density at radius 3 is 2.41 bits per heavy atom. The van der Waals surface area contributed by atoms with Gasteiger partial charge in [0.1, 0.15) is 0 Å². The van der Waals surface area contributed by atoms with Crippen LogP contribution in [0.1, 0.15) is 31.2 Å². The van der Waals surface area contributed by atoms with Crippen molar-refractivity contribution in [3.8, 4) is 0 Å². The summed E-state index contributed by atoms with van der Waals surface area (Å²) in [5, 5.41) is 9.81. The fourth-order valence-corrected chi connectivity index (χ4v) is 5.36. The highest BCUT2D eigenvalue weighted by atomic mass is 16.3. The Kier molecular flexibility index (Phi) is 5.42. The number of fused-ring (bicyclic) bond motifs is 1. The topological polar surface area (TPSA) is 47.0 Å². The van der Waals surface area contributed by atoms with Crippen LogP contribution in [0.2, 0.25) is 0 Å². The number of anilines is 1. The predicted octanol–water partition coefficient (Wildman–Crippen LogP) is 2.12. The molecule has 0 bridgehead atoms. The number of hydrogen-bond donors (Lipinski definition) is 1. The molecular formula is C22H33N3O2. The maximum atomic E-state index is 12.8. The monoisotopic (exact) mass is 371 g/mol. The second-order valence-corrected chi connectivity index (χ2v) is 8.88. The number of piperazine rings is 1. The van der Waals surface area contributed by atoms with Crippen molar-refractivity contribution in [2.75, 3.05) is 44.7 Å². The summed E-state index contributed by atoms with van der Waals surface area (Å²) in [4.78, 5) is 19.5. The van der Waals surface area contributed by atoms with Gasteiger partial charge in [0.2, 0.25) is 5.91 Å². The van der Waals surface area contributed by atoms with E-state index in [0.29, 0.717) is 24.4 Å². The van der Waals surface area contributed by atoms with Crippen molar-refractivity contribution < 1.29 is 9.90 Å². The zero-order valence-corrected chi connectivity index (χ0v) is 16.7. The minimum Gasteiger partial charge on any atom is -0.393 e. The zero-order chi connectivity index (χ0) is 19.0. The van der Waals surface area contributed by atoms with Gasteiger partial charge in [-0.15, -0.1) is 0 Å². The molecule has 5 nitrogen and oxygen atoms in total. The molecule has 1 aromatic rings. The van der Waals surface area contributed by atoms with Crippen molar-refractivity contribution in [2.24, 2.45) is 11.8 Å². The van der Waals surface area contributed by atoms with Crippen LogP contribution in [0.5, 0.6) is 0 Å². The summed E-state index contributed by atoms with van der Waals surface area (Å²) < 4.78 is 0. The summed E-state index contributed by atoms with van der Waals surface area (Å²) in [7, 11) is 1.98. The Morgan fingerprint density at radius 2 is 1.78 bits per heavy atom. The van der Waals surface area contributed by atoms with E-state index in [2.05, 4.69) is 41.0 Å². The Labute approximate surface area is 162 Å². The van der Waals surface area contributed by atoms with Crippen LogP contribution in [0.25, 0.3) is 0 Å². The summed E-state index contributed by atoms with van der Waals surface area (Å²) in [5.41, 5.74) is 2.58. The van der Waals surface area contributed by atoms with Crippen LogP contribution >= 0.6 is 0 Å². The van der Waals surface area contributed by atoms with Gasteiger partial charge in [-0.2, -0.15) is 0 Å². The fraction of sp³-hybridized carbons (Fsp3) is 0.682. The zero-order valence-electron chi connectivity index (χ0n) is 16.7. The second kappa shape index (κ2) is 7.80. The molecule has 0 aromatic heterocycles. The largest absolute Gasteiger partial charge is 0.393 e. The van der Waals surface area contributed by atoms with E-state index in [4.69, 9.17) is 0 Å². The maximum Gasteiger partial charge on any atom is 0.236 e. The van der Waals surface area contributed by atoms with Gasteiger partial charge in [-0.1, -0.05) is 12.1 Å². The van der Waals surface area contributed by atoms with E-state index in [1.165, 1.54) is 11.3 Å². The van der Waals surface area contributed by atoms with Crippen LogP contribution in [0.3, 0.4) is 0 Å². The summed E-state index contributed by atoms with van der Waals surface area (Å²) >= 11 is 0. The summed E-state index contributed by atoms with van der Waals surface area (Å²) in [6.07, 6.45) is 3.91. The molecule has 1 amide bonds. The maximum absolute atomic E-state index is 12.8. The first-order valence-electron chi connectivity index (χ1n) is 10.5. The van der Waals surface area contributed by atoms with Crippen molar-refractivity contribution in [1.82, 2.24) is 9.80 Å². The Bertz CT molecular complexity index is 657. The first-order valence-corrected chi connectivity index (χ1v) is 10.5. The molecule has 2 unspecified atom stereocenters. The normalized spacial score (nSPS) is 31.1. The average Bonchev–Trinajstić information content (AvgIpc) is 3.19. The second-order valence-electron chi connectivity index (χ2n) is 8.88. The van der Waals surface area contributed by atoms with Gasteiger partial charge in [-0.25, -0.2) is 0 Å². The SMILES string of the molecule is Cc1cccc(N2CCN(CC(=O)N(C)C3C[C@H]4CC(O)C[C@H]4C3)CC2)c1. The highest BCUT2D eigenvalue weighted by Crippen LogP contribution is 2.45. The van der Waals surface area contributed by atoms with E-state index in [1.54, 1.807) is 0 Å². The first kappa shape index (κ1) is 18.8. The predicted molar refractivity (Wildman–Crippen MR) is 108 cm³/mol. The number of nitrogens with zero attached hydrogens (tertiary/aromatic N) is 3. The third kappa shape index (κ3) is 4.14. The number of likely N-dealkylation sites (N-methyl/N-ethyl adjacent to an activating group) is 1. The van der Waals surface area contributed by atoms with Crippen LogP contribution in [0.15, 0.2) is 24.3 Å². The smallest absolute Gasteiger partial charge is 0.236 e. The molecule has 3 aliphatic rings. The number of carbonyl (C=O) groups excluding carboxylic acids is 1. The molecule has 1 N–H and O–H groups in total. The van der Waals surface area contributed by atoms with E-state index in [0.717, 1.165) is 51.9 Å². The third-order valence-corrected chi connectivity index (χ3v) is 7.01. The van der Waals surface area contributed by atoms with Gasteiger partial charge in [-0.3, -0.25) is 9.69 Å². The number of carbonyl (C=O) groups is 1. The molecule has 0 spiro atoms. The van der Waals surface area contributed by atoms with E-state index in [9.17, 15) is 9.90 Å². The first-order chi connectivity index (χ1) is 13.0. The molecule has 1 aromatic carbocycles. The molecule has 1 saturated heterocycles. The van der Waals surface area contributed by atoms with Gasteiger partial charge in [0.15, 0.2) is 0 Å². The van der Waals surface area contributed by atoms with Crippen molar-refractivity contribution in [3.05, 3.63) is 29.8 Å². The average molecular weight is 372 g/mol. The number of benzene rings is 1. The van der Waals surface area contributed by atoms with E-state index >= 15 is 0 Å². The third-order valence-electron chi connectivity index (χ3n) is 7.01. The van der Waals surface area contributed by atoms with Crippen LogP contribution in [0, 0.1) is 18.8 Å². The minimum absolute atomic E-state index is 0.105. The number of hydrogen-bond acceptors (Lipinski definition) is 4. The van der Waals surface area contributed by atoms with Crippen LogP contribution < -0.4 is 4.90 Å². The minimum atomic E-state index is -0.105.